The zero-order valence-electron chi connectivity index (χ0n) is 17.8. The summed E-state index contributed by atoms with van der Waals surface area (Å²) in [6.45, 7) is 5.96. The van der Waals surface area contributed by atoms with Crippen LogP contribution in [0.3, 0.4) is 0 Å². The van der Waals surface area contributed by atoms with Crippen molar-refractivity contribution in [2.75, 3.05) is 44.2 Å². The van der Waals surface area contributed by atoms with Crippen LogP contribution >= 0.6 is 0 Å². The summed E-state index contributed by atoms with van der Waals surface area (Å²) in [6.07, 6.45) is 2.10. The second-order valence-electron chi connectivity index (χ2n) is 7.75. The summed E-state index contributed by atoms with van der Waals surface area (Å²) in [6, 6.07) is 24.4. The van der Waals surface area contributed by atoms with Crippen LogP contribution in [-0.2, 0) is 0 Å². The van der Waals surface area contributed by atoms with Gasteiger partial charge in [-0.05, 0) is 80.1 Å². The smallest absolute Gasteiger partial charge is 0.127 e. The first-order chi connectivity index (χ1) is 15.3. The van der Waals surface area contributed by atoms with Gasteiger partial charge in [-0.3, -0.25) is 4.90 Å². The van der Waals surface area contributed by atoms with E-state index in [2.05, 4.69) is 21.9 Å². The molecule has 3 aromatic carbocycles. The molecular weight excluding hydrogens is 391 g/mol. The number of nitrogens with zero attached hydrogens (tertiary/aromatic N) is 2. The molecule has 0 aromatic heterocycles. The van der Waals surface area contributed by atoms with E-state index in [0.29, 0.717) is 6.61 Å². The Morgan fingerprint density at radius 1 is 0.677 bits per heavy atom. The third-order valence-corrected chi connectivity index (χ3v) is 5.50. The number of hydrogen-bond acceptors (Lipinski definition) is 4. The number of ether oxygens (including phenoxy) is 2. The zero-order valence-corrected chi connectivity index (χ0v) is 17.8. The maximum Gasteiger partial charge on any atom is 0.127 e. The summed E-state index contributed by atoms with van der Waals surface area (Å²) < 4.78 is 24.5. The van der Waals surface area contributed by atoms with Gasteiger partial charge in [0.05, 0.1) is 6.61 Å². The fraction of sp³-hybridized carbons (Fsp3) is 0.308. The number of halogens is 1. The summed E-state index contributed by atoms with van der Waals surface area (Å²) >= 11 is 0. The van der Waals surface area contributed by atoms with Crippen LogP contribution in [0.15, 0.2) is 78.9 Å². The van der Waals surface area contributed by atoms with Crippen molar-refractivity contribution in [3.05, 3.63) is 84.7 Å². The third kappa shape index (κ3) is 6.46. The van der Waals surface area contributed by atoms with E-state index < -0.39 is 0 Å². The van der Waals surface area contributed by atoms with Crippen LogP contribution in [0.25, 0.3) is 0 Å². The van der Waals surface area contributed by atoms with Crippen molar-refractivity contribution in [2.24, 2.45) is 0 Å². The van der Waals surface area contributed by atoms with E-state index in [9.17, 15) is 4.39 Å². The molecule has 4 nitrogen and oxygen atoms in total. The fourth-order valence-corrected chi connectivity index (χ4v) is 3.74. The molecule has 4 rings (SSSR count). The Labute approximate surface area is 183 Å². The van der Waals surface area contributed by atoms with E-state index in [1.165, 1.54) is 17.8 Å². The maximum absolute atomic E-state index is 12.9. The predicted molar refractivity (Wildman–Crippen MR) is 123 cm³/mol. The highest BCUT2D eigenvalue weighted by atomic mass is 19.1. The summed E-state index contributed by atoms with van der Waals surface area (Å²) in [5, 5.41) is 0. The van der Waals surface area contributed by atoms with E-state index in [0.717, 1.165) is 62.8 Å². The normalized spacial score (nSPS) is 14.4. The lowest BCUT2D eigenvalue weighted by Crippen LogP contribution is -2.46. The lowest BCUT2D eigenvalue weighted by Gasteiger charge is -2.36. The van der Waals surface area contributed by atoms with Crippen LogP contribution in [0, 0.1) is 5.82 Å². The Balaban J connectivity index is 1.14. The molecule has 0 N–H and O–H groups in total. The Morgan fingerprint density at radius 2 is 1.32 bits per heavy atom. The number of piperazine rings is 1. The van der Waals surface area contributed by atoms with Gasteiger partial charge in [-0.1, -0.05) is 18.2 Å². The number of hydrogen-bond donors (Lipinski definition) is 0. The maximum atomic E-state index is 12.9. The minimum atomic E-state index is -0.233. The van der Waals surface area contributed by atoms with Crippen molar-refractivity contribution in [3.8, 4) is 17.2 Å². The van der Waals surface area contributed by atoms with Crippen LogP contribution in [0.5, 0.6) is 17.2 Å². The minimum Gasteiger partial charge on any atom is -0.494 e. The second kappa shape index (κ2) is 10.8. The predicted octanol–water partition coefficient (Wildman–Crippen LogP) is 5.60. The molecule has 0 atom stereocenters. The summed E-state index contributed by atoms with van der Waals surface area (Å²) in [5.74, 6) is 2.21. The number of unbranched alkanes of at least 4 members (excludes halogenated alkanes) is 1. The lowest BCUT2D eigenvalue weighted by molar-refractivity contribution is 0.238. The molecule has 1 aliphatic rings. The average Bonchev–Trinajstić information content (AvgIpc) is 2.82. The second-order valence-corrected chi connectivity index (χ2v) is 7.75. The molecule has 0 bridgehead atoms. The van der Waals surface area contributed by atoms with E-state index >= 15 is 0 Å². The van der Waals surface area contributed by atoms with E-state index in [4.69, 9.17) is 9.47 Å². The molecule has 0 unspecified atom stereocenters. The number of rotatable bonds is 9. The number of anilines is 1. The Hall–Kier alpha value is -3.05. The van der Waals surface area contributed by atoms with Gasteiger partial charge in [-0.15, -0.1) is 0 Å². The highest BCUT2D eigenvalue weighted by molar-refractivity contribution is 5.50. The summed E-state index contributed by atoms with van der Waals surface area (Å²) in [4.78, 5) is 4.95. The molecule has 0 spiro atoms. The molecule has 0 saturated carbocycles. The van der Waals surface area contributed by atoms with Gasteiger partial charge in [0.2, 0.25) is 0 Å². The first-order valence-corrected chi connectivity index (χ1v) is 10.9. The van der Waals surface area contributed by atoms with E-state index in [1.807, 2.05) is 42.5 Å². The van der Waals surface area contributed by atoms with E-state index in [-0.39, 0.29) is 5.82 Å². The Bertz CT molecular complexity index is 908. The SMILES string of the molecule is Fc1ccc(OCCCCN2CCN(c3ccc(Oc4ccccc4)cc3)CC2)cc1. The molecule has 162 valence electrons. The van der Waals surface area contributed by atoms with Gasteiger partial charge in [0.1, 0.15) is 23.1 Å². The monoisotopic (exact) mass is 420 g/mol. The molecular formula is C26H29FN2O2. The largest absolute Gasteiger partial charge is 0.494 e. The quantitative estimate of drug-likeness (QED) is 0.421. The van der Waals surface area contributed by atoms with Crippen molar-refractivity contribution in [2.45, 2.75) is 12.8 Å². The number of para-hydroxylation sites is 1. The zero-order chi connectivity index (χ0) is 21.3. The van der Waals surface area contributed by atoms with Crippen LogP contribution in [0.4, 0.5) is 10.1 Å². The molecule has 31 heavy (non-hydrogen) atoms. The van der Waals surface area contributed by atoms with Crippen molar-refractivity contribution < 1.29 is 13.9 Å². The van der Waals surface area contributed by atoms with Gasteiger partial charge in [0.15, 0.2) is 0 Å². The molecule has 0 radical (unpaired) electrons. The van der Waals surface area contributed by atoms with Crippen LogP contribution in [-0.4, -0.2) is 44.2 Å². The molecule has 0 aliphatic carbocycles. The molecule has 0 amide bonds. The van der Waals surface area contributed by atoms with Gasteiger partial charge in [-0.25, -0.2) is 4.39 Å². The van der Waals surface area contributed by atoms with Gasteiger partial charge >= 0.3 is 0 Å². The van der Waals surface area contributed by atoms with Crippen molar-refractivity contribution in [1.82, 2.24) is 4.90 Å². The fourth-order valence-electron chi connectivity index (χ4n) is 3.74. The highest BCUT2D eigenvalue weighted by Gasteiger charge is 2.16. The average molecular weight is 421 g/mol. The highest BCUT2D eigenvalue weighted by Crippen LogP contribution is 2.25. The molecule has 1 fully saturated rings. The van der Waals surface area contributed by atoms with Crippen LogP contribution in [0.2, 0.25) is 0 Å². The minimum absolute atomic E-state index is 0.233. The topological polar surface area (TPSA) is 24.9 Å². The molecule has 1 saturated heterocycles. The summed E-state index contributed by atoms with van der Waals surface area (Å²) in [7, 11) is 0. The molecule has 3 aromatic rings. The molecule has 1 heterocycles. The van der Waals surface area contributed by atoms with Crippen LogP contribution < -0.4 is 14.4 Å². The summed E-state index contributed by atoms with van der Waals surface area (Å²) in [5.41, 5.74) is 1.24. The molecule has 5 heteroatoms. The Kier molecular flexibility index (Phi) is 7.40. The first-order valence-electron chi connectivity index (χ1n) is 10.9. The molecule has 1 aliphatic heterocycles. The van der Waals surface area contributed by atoms with Crippen molar-refractivity contribution >= 4 is 5.69 Å². The van der Waals surface area contributed by atoms with Gasteiger partial charge in [0.25, 0.3) is 0 Å². The van der Waals surface area contributed by atoms with E-state index in [1.54, 1.807) is 12.1 Å². The van der Waals surface area contributed by atoms with Crippen molar-refractivity contribution in [3.63, 3.8) is 0 Å². The van der Waals surface area contributed by atoms with Crippen molar-refractivity contribution in [1.29, 1.82) is 0 Å². The van der Waals surface area contributed by atoms with Gasteiger partial charge in [0, 0.05) is 31.9 Å². The van der Waals surface area contributed by atoms with Gasteiger partial charge < -0.3 is 14.4 Å². The Morgan fingerprint density at radius 3 is 2.03 bits per heavy atom. The first kappa shape index (κ1) is 21.2. The van der Waals surface area contributed by atoms with Crippen LogP contribution in [0.1, 0.15) is 12.8 Å². The standard InChI is InChI=1S/C26H29FN2O2/c27-22-8-12-24(13-9-22)30-21-5-4-16-28-17-19-29(20-18-28)23-10-14-26(15-11-23)31-25-6-2-1-3-7-25/h1-3,6-15H,4-5,16-21H2. The van der Waals surface area contributed by atoms with Gasteiger partial charge in [-0.2, -0.15) is 0 Å². The number of benzene rings is 3. The third-order valence-electron chi connectivity index (χ3n) is 5.50. The lowest BCUT2D eigenvalue weighted by atomic mass is 10.2.